The van der Waals surface area contributed by atoms with Gasteiger partial charge in [-0.05, 0) is 49.0 Å². The number of carbonyl (C=O) groups excluding carboxylic acids is 2. The molecule has 0 saturated heterocycles. The van der Waals surface area contributed by atoms with Gasteiger partial charge in [-0.3, -0.25) is 25.8 Å². The molecule has 0 aliphatic heterocycles. The minimum absolute atomic E-state index is 0.0591. The van der Waals surface area contributed by atoms with Gasteiger partial charge in [-0.15, -0.1) is 11.3 Å². The van der Waals surface area contributed by atoms with Gasteiger partial charge in [0.25, 0.3) is 11.8 Å². The maximum atomic E-state index is 12.3. The van der Waals surface area contributed by atoms with E-state index in [2.05, 4.69) is 32.1 Å². The minimum Gasteiger partial charge on any atom is -0.484 e. The van der Waals surface area contributed by atoms with Gasteiger partial charge in [0.15, 0.2) is 11.7 Å². The van der Waals surface area contributed by atoms with E-state index < -0.39 is 11.8 Å². The molecule has 10 heteroatoms. The Labute approximate surface area is 189 Å². The molecule has 3 rings (SSSR count). The molecule has 1 heterocycles. The van der Waals surface area contributed by atoms with Crippen molar-refractivity contribution in [1.82, 2.24) is 16.2 Å². The number of ether oxygens (including phenoxy) is 1. The normalized spacial score (nSPS) is 10.4. The third kappa shape index (κ3) is 5.45. The molecule has 0 radical (unpaired) electrons. The van der Waals surface area contributed by atoms with E-state index in [0.29, 0.717) is 15.6 Å². The van der Waals surface area contributed by atoms with Gasteiger partial charge in [0.2, 0.25) is 0 Å². The Hall–Kier alpha value is -2.20. The number of thiocarbonyl (C=S) groups is 1. The number of fused-ring (bicyclic) bond motifs is 1. The predicted octanol–water partition coefficient (Wildman–Crippen LogP) is 4.34. The summed E-state index contributed by atoms with van der Waals surface area (Å²) in [5.41, 5.74) is 5.90. The molecule has 3 aromatic rings. The standard InChI is InChI=1S/C19H15BrClN3O3S2/c1-10-8-11(6-7-13(10)20)27-9-15(25)22-19(28)24-23-18(26)17-16(21)12-4-2-3-5-14(12)29-17/h2-8H,9H2,1H3,(H,23,26)(H2,22,24,25,28). The van der Waals surface area contributed by atoms with Gasteiger partial charge in [-0.2, -0.15) is 0 Å². The number of halogens is 2. The summed E-state index contributed by atoms with van der Waals surface area (Å²) in [5, 5.41) is 3.55. The van der Waals surface area contributed by atoms with E-state index in [9.17, 15) is 9.59 Å². The fourth-order valence-electron chi connectivity index (χ4n) is 2.38. The Kier molecular flexibility index (Phi) is 7.07. The Morgan fingerprint density at radius 2 is 1.97 bits per heavy atom. The molecule has 150 valence electrons. The molecule has 0 bridgehead atoms. The number of hydrogen-bond acceptors (Lipinski definition) is 5. The van der Waals surface area contributed by atoms with Crippen LogP contribution in [0.25, 0.3) is 10.1 Å². The quantitative estimate of drug-likeness (QED) is 0.358. The topological polar surface area (TPSA) is 79.5 Å². The molecule has 0 aliphatic carbocycles. The number of thiophene rings is 1. The third-order valence-corrected chi connectivity index (χ3v) is 6.55. The lowest BCUT2D eigenvalue weighted by Gasteiger charge is -2.11. The van der Waals surface area contributed by atoms with Crippen LogP contribution in [-0.4, -0.2) is 23.5 Å². The lowest BCUT2D eigenvalue weighted by atomic mass is 10.2. The molecule has 0 atom stereocenters. The molecular formula is C19H15BrClN3O3S2. The largest absolute Gasteiger partial charge is 0.484 e. The van der Waals surface area contributed by atoms with Crippen LogP contribution in [0.1, 0.15) is 15.2 Å². The van der Waals surface area contributed by atoms with Crippen molar-refractivity contribution < 1.29 is 14.3 Å². The number of amides is 2. The summed E-state index contributed by atoms with van der Waals surface area (Å²) in [5.74, 6) is -0.348. The highest BCUT2D eigenvalue weighted by molar-refractivity contribution is 9.10. The lowest BCUT2D eigenvalue weighted by molar-refractivity contribution is -0.121. The summed E-state index contributed by atoms with van der Waals surface area (Å²) in [6.07, 6.45) is 0. The van der Waals surface area contributed by atoms with Crippen LogP contribution in [0.15, 0.2) is 46.9 Å². The number of aryl methyl sites for hydroxylation is 1. The van der Waals surface area contributed by atoms with Gasteiger partial charge in [-0.1, -0.05) is 45.7 Å². The molecule has 0 fully saturated rings. The van der Waals surface area contributed by atoms with Gasteiger partial charge in [0.1, 0.15) is 10.6 Å². The molecule has 3 N–H and O–H groups in total. The number of hydrogen-bond donors (Lipinski definition) is 3. The van der Waals surface area contributed by atoms with Crippen molar-refractivity contribution in [3.05, 3.63) is 62.4 Å². The van der Waals surface area contributed by atoms with Gasteiger partial charge in [0, 0.05) is 14.6 Å². The number of nitrogens with one attached hydrogen (secondary N) is 3. The zero-order valence-corrected chi connectivity index (χ0v) is 19.0. The highest BCUT2D eigenvalue weighted by Crippen LogP contribution is 2.34. The van der Waals surface area contributed by atoms with E-state index in [0.717, 1.165) is 20.1 Å². The highest BCUT2D eigenvalue weighted by atomic mass is 79.9. The zero-order valence-electron chi connectivity index (χ0n) is 15.0. The second kappa shape index (κ2) is 9.53. The molecule has 0 saturated carbocycles. The van der Waals surface area contributed by atoms with Crippen molar-refractivity contribution >= 4 is 78.1 Å². The lowest BCUT2D eigenvalue weighted by Crippen LogP contribution is -2.49. The van der Waals surface area contributed by atoms with Crippen LogP contribution in [0.4, 0.5) is 0 Å². The van der Waals surface area contributed by atoms with Crippen LogP contribution in [0.5, 0.6) is 5.75 Å². The van der Waals surface area contributed by atoms with E-state index >= 15 is 0 Å². The van der Waals surface area contributed by atoms with Crippen LogP contribution in [0.2, 0.25) is 5.02 Å². The first kappa shape index (κ1) is 21.5. The molecule has 6 nitrogen and oxygen atoms in total. The first-order valence-corrected chi connectivity index (χ1v) is 10.7. The second-order valence-electron chi connectivity index (χ2n) is 5.90. The van der Waals surface area contributed by atoms with E-state index in [4.69, 9.17) is 28.6 Å². The average molecular weight is 513 g/mol. The summed E-state index contributed by atoms with van der Waals surface area (Å²) < 4.78 is 7.28. The Morgan fingerprint density at radius 3 is 2.69 bits per heavy atom. The predicted molar refractivity (Wildman–Crippen MR) is 123 cm³/mol. The maximum Gasteiger partial charge on any atom is 0.281 e. The number of benzene rings is 2. The number of rotatable bonds is 4. The molecule has 29 heavy (non-hydrogen) atoms. The SMILES string of the molecule is Cc1cc(OCC(=O)NC(=S)NNC(=O)c2sc3ccccc3c2Cl)ccc1Br. The van der Waals surface area contributed by atoms with Crippen molar-refractivity contribution in [3.63, 3.8) is 0 Å². The first-order chi connectivity index (χ1) is 13.8. The van der Waals surface area contributed by atoms with Crippen molar-refractivity contribution in [2.75, 3.05) is 6.61 Å². The maximum absolute atomic E-state index is 12.3. The van der Waals surface area contributed by atoms with Gasteiger partial charge < -0.3 is 4.74 Å². The fourth-order valence-corrected chi connectivity index (χ4v) is 4.20. The molecular weight excluding hydrogens is 498 g/mol. The first-order valence-electron chi connectivity index (χ1n) is 8.31. The highest BCUT2D eigenvalue weighted by Gasteiger charge is 2.17. The molecule has 0 aliphatic rings. The van der Waals surface area contributed by atoms with Gasteiger partial charge in [-0.25, -0.2) is 0 Å². The van der Waals surface area contributed by atoms with Crippen LogP contribution in [0, 0.1) is 6.92 Å². The average Bonchev–Trinajstić information content (AvgIpc) is 3.04. The molecule has 0 spiro atoms. The zero-order chi connectivity index (χ0) is 21.0. The van der Waals surface area contributed by atoms with Crippen molar-refractivity contribution in [3.8, 4) is 5.75 Å². The minimum atomic E-state index is -0.461. The summed E-state index contributed by atoms with van der Waals surface area (Å²) >= 11 is 16.0. The van der Waals surface area contributed by atoms with Gasteiger partial charge in [0.05, 0.1) is 5.02 Å². The van der Waals surface area contributed by atoms with Crippen molar-refractivity contribution in [2.45, 2.75) is 6.92 Å². The van der Waals surface area contributed by atoms with E-state index in [1.807, 2.05) is 43.3 Å². The Balaban J connectivity index is 1.48. The third-order valence-electron chi connectivity index (χ3n) is 3.78. The van der Waals surface area contributed by atoms with E-state index in [-0.39, 0.29) is 11.7 Å². The summed E-state index contributed by atoms with van der Waals surface area (Å²) in [6, 6.07) is 12.8. The van der Waals surface area contributed by atoms with Crippen LogP contribution in [-0.2, 0) is 4.79 Å². The van der Waals surface area contributed by atoms with Crippen molar-refractivity contribution in [1.29, 1.82) is 0 Å². The smallest absolute Gasteiger partial charge is 0.281 e. The van der Waals surface area contributed by atoms with Gasteiger partial charge >= 0.3 is 0 Å². The molecule has 2 aromatic carbocycles. The molecule has 2 amide bonds. The van der Waals surface area contributed by atoms with E-state index in [1.165, 1.54) is 11.3 Å². The number of carbonyl (C=O) groups is 2. The molecule has 1 aromatic heterocycles. The van der Waals surface area contributed by atoms with Crippen molar-refractivity contribution in [2.24, 2.45) is 0 Å². The van der Waals surface area contributed by atoms with Crippen LogP contribution in [0.3, 0.4) is 0 Å². The van der Waals surface area contributed by atoms with E-state index in [1.54, 1.807) is 6.07 Å². The Bertz CT molecular complexity index is 1100. The Morgan fingerprint density at radius 1 is 1.21 bits per heavy atom. The van der Waals surface area contributed by atoms with Crippen LogP contribution >= 0.6 is 51.1 Å². The monoisotopic (exact) mass is 511 g/mol. The second-order valence-corrected chi connectivity index (χ2v) is 8.59. The van der Waals surface area contributed by atoms with Crippen LogP contribution < -0.4 is 20.9 Å². The fraction of sp³-hybridized carbons (Fsp3) is 0.105. The molecule has 0 unspecified atom stereocenters. The summed E-state index contributed by atoms with van der Waals surface area (Å²) in [4.78, 5) is 24.7. The summed E-state index contributed by atoms with van der Waals surface area (Å²) in [7, 11) is 0. The summed E-state index contributed by atoms with van der Waals surface area (Å²) in [6.45, 7) is 1.69. The number of hydrazine groups is 1.